The van der Waals surface area contributed by atoms with E-state index in [1.54, 1.807) is 0 Å². The van der Waals surface area contributed by atoms with E-state index in [4.69, 9.17) is 0 Å². The van der Waals surface area contributed by atoms with Gasteiger partial charge >= 0.3 is 0 Å². The highest BCUT2D eigenvalue weighted by molar-refractivity contribution is 9.10. The Kier molecular flexibility index (Phi) is 5.28. The van der Waals surface area contributed by atoms with Crippen LogP contribution in [-0.4, -0.2) is 26.2 Å². The van der Waals surface area contributed by atoms with E-state index in [0.29, 0.717) is 0 Å². The molecule has 106 valence electrons. The van der Waals surface area contributed by atoms with Gasteiger partial charge in [0.15, 0.2) is 0 Å². The second-order valence-electron chi connectivity index (χ2n) is 6.08. The first-order valence-corrected chi connectivity index (χ1v) is 8.07. The molecule has 1 atom stereocenters. The van der Waals surface area contributed by atoms with Gasteiger partial charge in [-0.25, -0.2) is 0 Å². The molecule has 1 aromatic carbocycles. The number of hydrogen-bond acceptors (Lipinski definition) is 2. The summed E-state index contributed by atoms with van der Waals surface area (Å²) in [5, 5.41) is 3.59. The van der Waals surface area contributed by atoms with Crippen molar-refractivity contribution >= 4 is 21.6 Å². The Labute approximate surface area is 125 Å². The van der Waals surface area contributed by atoms with Crippen LogP contribution in [0.15, 0.2) is 22.7 Å². The van der Waals surface area contributed by atoms with Crippen LogP contribution in [0.2, 0.25) is 0 Å². The van der Waals surface area contributed by atoms with Gasteiger partial charge in [0.1, 0.15) is 0 Å². The molecule has 0 radical (unpaired) electrons. The summed E-state index contributed by atoms with van der Waals surface area (Å²) in [6.45, 7) is 11.4. The van der Waals surface area contributed by atoms with Crippen LogP contribution in [0.25, 0.3) is 0 Å². The molecular weight excluding hydrogens is 300 g/mol. The summed E-state index contributed by atoms with van der Waals surface area (Å²) in [4.78, 5) is 2.53. The summed E-state index contributed by atoms with van der Waals surface area (Å²) in [7, 11) is 0. The Morgan fingerprint density at radius 1 is 1.42 bits per heavy atom. The third kappa shape index (κ3) is 4.22. The number of nitrogens with zero attached hydrogens (tertiary/aromatic N) is 1. The van der Waals surface area contributed by atoms with Gasteiger partial charge in [0, 0.05) is 23.2 Å². The molecule has 0 saturated carbocycles. The molecule has 1 saturated heterocycles. The molecule has 1 aliphatic heterocycles. The van der Waals surface area contributed by atoms with E-state index in [1.807, 2.05) is 0 Å². The monoisotopic (exact) mass is 324 g/mol. The molecule has 0 amide bonds. The number of nitrogens with one attached hydrogen (secondary N) is 1. The average molecular weight is 325 g/mol. The molecule has 0 aromatic heterocycles. The smallest absolute Gasteiger partial charge is 0.0396 e. The summed E-state index contributed by atoms with van der Waals surface area (Å²) < 4.78 is 1.17. The second kappa shape index (κ2) is 6.76. The lowest BCUT2D eigenvalue weighted by molar-refractivity contribution is 0.477. The molecule has 19 heavy (non-hydrogen) atoms. The largest absolute Gasteiger partial charge is 0.371 e. The number of anilines is 1. The van der Waals surface area contributed by atoms with Crippen molar-refractivity contribution < 1.29 is 0 Å². The predicted octanol–water partition coefficient (Wildman–Crippen LogP) is 3.83. The SMILES string of the molecule is Cc1cc(Br)ccc1N1CCC(CNCC(C)C)C1. The number of benzene rings is 1. The second-order valence-corrected chi connectivity index (χ2v) is 7.00. The summed E-state index contributed by atoms with van der Waals surface area (Å²) in [5.41, 5.74) is 2.76. The standard InChI is InChI=1S/C16H25BrN2/c1-12(2)9-18-10-14-6-7-19(11-14)16-5-4-15(17)8-13(16)3/h4-5,8,12,14,18H,6-7,9-11H2,1-3H3. The van der Waals surface area contributed by atoms with E-state index < -0.39 is 0 Å². The van der Waals surface area contributed by atoms with Crippen LogP contribution in [-0.2, 0) is 0 Å². The number of aryl methyl sites for hydroxylation is 1. The summed E-state index contributed by atoms with van der Waals surface area (Å²) in [6, 6.07) is 6.59. The van der Waals surface area contributed by atoms with E-state index in [-0.39, 0.29) is 0 Å². The molecule has 3 heteroatoms. The van der Waals surface area contributed by atoms with Crippen LogP contribution in [0.3, 0.4) is 0 Å². The molecule has 1 aromatic rings. The molecule has 1 heterocycles. The van der Waals surface area contributed by atoms with Crippen LogP contribution < -0.4 is 10.2 Å². The molecule has 1 aliphatic rings. The van der Waals surface area contributed by atoms with Crippen molar-refractivity contribution in [2.75, 3.05) is 31.1 Å². The number of rotatable bonds is 5. The van der Waals surface area contributed by atoms with Crippen molar-refractivity contribution in [3.8, 4) is 0 Å². The van der Waals surface area contributed by atoms with Gasteiger partial charge in [0.2, 0.25) is 0 Å². The zero-order chi connectivity index (χ0) is 13.8. The maximum Gasteiger partial charge on any atom is 0.0396 e. The fraction of sp³-hybridized carbons (Fsp3) is 0.625. The fourth-order valence-corrected chi connectivity index (χ4v) is 3.24. The van der Waals surface area contributed by atoms with Crippen LogP contribution in [0.4, 0.5) is 5.69 Å². The minimum Gasteiger partial charge on any atom is -0.371 e. The van der Waals surface area contributed by atoms with Crippen molar-refractivity contribution in [1.29, 1.82) is 0 Å². The Morgan fingerprint density at radius 2 is 2.21 bits per heavy atom. The van der Waals surface area contributed by atoms with Gasteiger partial charge in [0.25, 0.3) is 0 Å². The highest BCUT2D eigenvalue weighted by Crippen LogP contribution is 2.28. The Bertz CT molecular complexity index is 417. The van der Waals surface area contributed by atoms with E-state index in [9.17, 15) is 0 Å². The Morgan fingerprint density at radius 3 is 2.89 bits per heavy atom. The highest BCUT2D eigenvalue weighted by Gasteiger charge is 2.23. The summed E-state index contributed by atoms with van der Waals surface area (Å²) in [5.74, 6) is 1.54. The highest BCUT2D eigenvalue weighted by atomic mass is 79.9. The topological polar surface area (TPSA) is 15.3 Å². The lowest BCUT2D eigenvalue weighted by atomic mass is 10.1. The van der Waals surface area contributed by atoms with E-state index in [1.165, 1.54) is 35.2 Å². The van der Waals surface area contributed by atoms with Crippen LogP contribution in [0, 0.1) is 18.8 Å². The Hall–Kier alpha value is -0.540. The average Bonchev–Trinajstić information content (AvgIpc) is 2.77. The first-order valence-electron chi connectivity index (χ1n) is 7.28. The zero-order valence-corrected chi connectivity index (χ0v) is 13.8. The molecule has 1 unspecified atom stereocenters. The Balaban J connectivity index is 1.87. The molecule has 1 N–H and O–H groups in total. The molecule has 2 rings (SSSR count). The van der Waals surface area contributed by atoms with Crippen molar-refractivity contribution in [3.63, 3.8) is 0 Å². The summed E-state index contributed by atoms with van der Waals surface area (Å²) >= 11 is 3.54. The molecule has 2 nitrogen and oxygen atoms in total. The number of halogens is 1. The molecule has 0 spiro atoms. The van der Waals surface area contributed by atoms with E-state index >= 15 is 0 Å². The van der Waals surface area contributed by atoms with Crippen LogP contribution in [0.1, 0.15) is 25.8 Å². The van der Waals surface area contributed by atoms with Crippen LogP contribution in [0.5, 0.6) is 0 Å². The van der Waals surface area contributed by atoms with Crippen molar-refractivity contribution in [1.82, 2.24) is 5.32 Å². The van der Waals surface area contributed by atoms with Crippen LogP contribution >= 0.6 is 15.9 Å². The van der Waals surface area contributed by atoms with E-state index in [2.05, 4.69) is 65.1 Å². The normalized spacial score (nSPS) is 19.4. The van der Waals surface area contributed by atoms with Gasteiger partial charge in [-0.1, -0.05) is 29.8 Å². The van der Waals surface area contributed by atoms with Gasteiger partial charge in [-0.3, -0.25) is 0 Å². The third-order valence-corrected chi connectivity index (χ3v) is 4.26. The zero-order valence-electron chi connectivity index (χ0n) is 12.2. The molecular formula is C16H25BrN2. The maximum atomic E-state index is 3.59. The summed E-state index contributed by atoms with van der Waals surface area (Å²) in [6.07, 6.45) is 1.31. The van der Waals surface area contributed by atoms with Gasteiger partial charge < -0.3 is 10.2 Å². The predicted molar refractivity (Wildman–Crippen MR) is 86.9 cm³/mol. The van der Waals surface area contributed by atoms with Crippen molar-refractivity contribution in [3.05, 3.63) is 28.2 Å². The van der Waals surface area contributed by atoms with Gasteiger partial charge in [-0.15, -0.1) is 0 Å². The quantitative estimate of drug-likeness (QED) is 0.885. The minimum atomic E-state index is 0.742. The molecule has 0 aliphatic carbocycles. The first kappa shape index (κ1) is 14.9. The van der Waals surface area contributed by atoms with Gasteiger partial charge in [-0.05, 0) is 62.0 Å². The first-order chi connectivity index (χ1) is 9.06. The molecule has 0 bridgehead atoms. The minimum absolute atomic E-state index is 0.742. The fourth-order valence-electron chi connectivity index (χ4n) is 2.77. The third-order valence-electron chi connectivity index (χ3n) is 3.77. The van der Waals surface area contributed by atoms with Crippen molar-refractivity contribution in [2.45, 2.75) is 27.2 Å². The number of hydrogen-bond donors (Lipinski definition) is 1. The maximum absolute atomic E-state index is 3.59. The van der Waals surface area contributed by atoms with Crippen molar-refractivity contribution in [2.24, 2.45) is 11.8 Å². The van der Waals surface area contributed by atoms with Gasteiger partial charge in [-0.2, -0.15) is 0 Å². The van der Waals surface area contributed by atoms with Gasteiger partial charge in [0.05, 0.1) is 0 Å². The van der Waals surface area contributed by atoms with E-state index in [0.717, 1.165) is 24.9 Å². The molecule has 1 fully saturated rings. The lowest BCUT2D eigenvalue weighted by Gasteiger charge is -2.21. The lowest BCUT2D eigenvalue weighted by Crippen LogP contribution is -2.28.